The number of Topliss-reactive ketones (excluding diaryl/α,β-unsaturated/α-hetero) is 1. The van der Waals surface area contributed by atoms with Crippen molar-refractivity contribution in [3.63, 3.8) is 0 Å². The van der Waals surface area contributed by atoms with Crippen LogP contribution in [0, 0.1) is 0 Å². The third kappa shape index (κ3) is 5.22. The maximum Gasteiger partial charge on any atom is 0.339 e. The van der Waals surface area contributed by atoms with E-state index in [0.29, 0.717) is 57.4 Å². The number of esters is 1. The topological polar surface area (TPSA) is 93.6 Å². The number of aromatic nitrogens is 1. The molecule has 4 aromatic carbocycles. The molecule has 1 unspecified atom stereocenters. The molecule has 0 saturated carbocycles. The van der Waals surface area contributed by atoms with Crippen LogP contribution in [0.15, 0.2) is 102 Å². The average molecular weight is 648 g/mol. The predicted molar refractivity (Wildman–Crippen MR) is 172 cm³/mol. The van der Waals surface area contributed by atoms with Gasteiger partial charge in [0.25, 0.3) is 11.8 Å². The molecule has 0 N–H and O–H groups in total. The standard InChI is InChI=1S/C36H27BrN2O5/c1-3-21-18-24(37)19-28-29(36(43)44-31(4-2)33(40)23-10-6-5-7-11-23)20-30(38-32(21)28)22-14-16-25(17-15-22)39-34(41)26-12-8-9-13-27(26)35(39)42/h5-20,31H,3-4H2,1-2H3. The molecule has 2 amide bonds. The van der Waals surface area contributed by atoms with E-state index >= 15 is 0 Å². The Bertz CT molecular complexity index is 1920. The number of ketones is 1. The molecule has 0 aliphatic carbocycles. The van der Waals surface area contributed by atoms with Gasteiger partial charge in [0, 0.05) is 21.0 Å². The summed E-state index contributed by atoms with van der Waals surface area (Å²) >= 11 is 3.56. The third-order valence-corrected chi connectivity index (χ3v) is 8.20. The highest BCUT2D eigenvalue weighted by Gasteiger charge is 2.36. The molecule has 7 nitrogen and oxygen atoms in total. The number of carbonyl (C=O) groups excluding carboxylic acids is 4. The number of fused-ring (bicyclic) bond motifs is 2. The van der Waals surface area contributed by atoms with Crippen LogP contribution in [0.25, 0.3) is 22.2 Å². The van der Waals surface area contributed by atoms with Crippen molar-refractivity contribution < 1.29 is 23.9 Å². The van der Waals surface area contributed by atoms with E-state index in [9.17, 15) is 19.2 Å². The summed E-state index contributed by atoms with van der Waals surface area (Å²) < 4.78 is 6.64. The molecule has 8 heteroatoms. The number of carbonyl (C=O) groups is 4. The summed E-state index contributed by atoms with van der Waals surface area (Å²) in [6.45, 7) is 3.81. The first-order valence-corrected chi connectivity index (χ1v) is 15.1. The van der Waals surface area contributed by atoms with Crippen molar-refractivity contribution in [1.82, 2.24) is 4.98 Å². The second-order valence-corrected chi connectivity index (χ2v) is 11.4. The molecule has 1 atom stereocenters. The molecule has 0 fully saturated rings. The maximum atomic E-state index is 13.8. The van der Waals surface area contributed by atoms with E-state index in [2.05, 4.69) is 15.9 Å². The molecular formula is C36H27BrN2O5. The zero-order valence-corrected chi connectivity index (χ0v) is 25.6. The lowest BCUT2D eigenvalue weighted by atomic mass is 10.00. The Kier molecular flexibility index (Phi) is 7.93. The lowest BCUT2D eigenvalue weighted by Crippen LogP contribution is -2.29. The van der Waals surface area contributed by atoms with Crippen molar-refractivity contribution in [3.8, 4) is 11.3 Å². The lowest BCUT2D eigenvalue weighted by Gasteiger charge is -2.18. The van der Waals surface area contributed by atoms with Crippen LogP contribution in [0.5, 0.6) is 0 Å². The highest BCUT2D eigenvalue weighted by molar-refractivity contribution is 9.10. The monoisotopic (exact) mass is 646 g/mol. The largest absolute Gasteiger partial charge is 0.450 e. The molecule has 1 aliphatic heterocycles. The molecule has 6 rings (SSSR count). The molecule has 0 spiro atoms. The smallest absolute Gasteiger partial charge is 0.339 e. The van der Waals surface area contributed by atoms with E-state index in [0.717, 1.165) is 14.9 Å². The number of amides is 2. The first-order valence-electron chi connectivity index (χ1n) is 14.3. The summed E-state index contributed by atoms with van der Waals surface area (Å²) in [6, 6.07) is 27.9. The van der Waals surface area contributed by atoms with Crippen molar-refractivity contribution in [2.75, 3.05) is 4.90 Å². The van der Waals surface area contributed by atoms with Gasteiger partial charge in [-0.15, -0.1) is 0 Å². The van der Waals surface area contributed by atoms with Crippen LogP contribution < -0.4 is 4.90 Å². The predicted octanol–water partition coefficient (Wildman–Crippen LogP) is 7.85. The van der Waals surface area contributed by atoms with Gasteiger partial charge in [-0.1, -0.05) is 84.4 Å². The molecular weight excluding hydrogens is 620 g/mol. The zero-order chi connectivity index (χ0) is 31.0. The van der Waals surface area contributed by atoms with E-state index in [1.165, 1.54) is 0 Å². The number of hydrogen-bond acceptors (Lipinski definition) is 6. The van der Waals surface area contributed by atoms with Crippen molar-refractivity contribution in [3.05, 3.63) is 129 Å². The van der Waals surface area contributed by atoms with E-state index in [4.69, 9.17) is 9.72 Å². The summed E-state index contributed by atoms with van der Waals surface area (Å²) in [6.07, 6.45) is 0.0376. The number of anilines is 1. The normalized spacial score (nSPS) is 13.2. The summed E-state index contributed by atoms with van der Waals surface area (Å²) in [7, 11) is 0. The number of rotatable bonds is 8. The number of benzene rings is 4. The molecule has 44 heavy (non-hydrogen) atoms. The lowest BCUT2D eigenvalue weighted by molar-refractivity contribution is 0.0279. The number of imide groups is 1. The number of hydrogen-bond donors (Lipinski definition) is 0. The Morgan fingerprint density at radius 2 is 1.48 bits per heavy atom. The summed E-state index contributed by atoms with van der Waals surface area (Å²) in [5, 5.41) is 0.606. The first kappa shape index (κ1) is 29.1. The van der Waals surface area contributed by atoms with Crippen LogP contribution in [-0.2, 0) is 11.2 Å². The minimum atomic E-state index is -0.951. The number of nitrogens with zero attached hydrogens (tertiary/aromatic N) is 2. The van der Waals surface area contributed by atoms with Crippen molar-refractivity contribution >= 4 is 56.1 Å². The number of halogens is 1. The minimum Gasteiger partial charge on any atom is -0.450 e. The highest BCUT2D eigenvalue weighted by atomic mass is 79.9. The number of aryl methyl sites for hydroxylation is 1. The van der Waals surface area contributed by atoms with E-state index in [-0.39, 0.29) is 23.2 Å². The van der Waals surface area contributed by atoms with Gasteiger partial charge in [0.05, 0.1) is 33.6 Å². The van der Waals surface area contributed by atoms with Crippen LogP contribution >= 0.6 is 15.9 Å². The Hall–Kier alpha value is -4.95. The Morgan fingerprint density at radius 3 is 2.09 bits per heavy atom. The van der Waals surface area contributed by atoms with E-state index in [1.54, 1.807) is 85.8 Å². The average Bonchev–Trinajstić information content (AvgIpc) is 3.31. The quantitative estimate of drug-likeness (QED) is 0.0968. The highest BCUT2D eigenvalue weighted by Crippen LogP contribution is 2.33. The second kappa shape index (κ2) is 12.0. The molecule has 5 aromatic rings. The van der Waals surface area contributed by atoms with Crippen LogP contribution in [-0.4, -0.2) is 34.7 Å². The van der Waals surface area contributed by atoms with Gasteiger partial charge in [-0.3, -0.25) is 14.4 Å². The zero-order valence-electron chi connectivity index (χ0n) is 24.0. The summed E-state index contributed by atoms with van der Waals surface area (Å²) in [4.78, 5) is 59.0. The summed E-state index contributed by atoms with van der Waals surface area (Å²) in [5.74, 6) is -1.64. The van der Waals surface area contributed by atoms with Gasteiger partial charge >= 0.3 is 5.97 Å². The summed E-state index contributed by atoms with van der Waals surface area (Å²) in [5.41, 5.74) is 4.70. The second-order valence-electron chi connectivity index (χ2n) is 10.4. The fourth-order valence-electron chi connectivity index (χ4n) is 5.45. The third-order valence-electron chi connectivity index (χ3n) is 7.74. The van der Waals surface area contributed by atoms with Gasteiger partial charge in [-0.05, 0) is 60.9 Å². The minimum absolute atomic E-state index is 0.265. The maximum absolute atomic E-state index is 13.8. The van der Waals surface area contributed by atoms with Gasteiger partial charge in [0.2, 0.25) is 5.78 Å². The molecule has 0 saturated heterocycles. The molecule has 0 radical (unpaired) electrons. The fourth-order valence-corrected chi connectivity index (χ4v) is 5.96. The van der Waals surface area contributed by atoms with Crippen molar-refractivity contribution in [2.45, 2.75) is 32.8 Å². The van der Waals surface area contributed by atoms with Gasteiger partial charge in [0.15, 0.2) is 6.10 Å². The van der Waals surface area contributed by atoms with E-state index < -0.39 is 12.1 Å². The Balaban J connectivity index is 1.38. The van der Waals surface area contributed by atoms with Crippen LogP contribution in [0.3, 0.4) is 0 Å². The van der Waals surface area contributed by atoms with Crippen molar-refractivity contribution in [1.29, 1.82) is 0 Å². The van der Waals surface area contributed by atoms with Crippen LogP contribution in [0.1, 0.15) is 67.3 Å². The van der Waals surface area contributed by atoms with Gasteiger partial charge in [-0.25, -0.2) is 14.7 Å². The molecule has 2 heterocycles. The van der Waals surface area contributed by atoms with Crippen LogP contribution in [0.2, 0.25) is 0 Å². The first-order chi connectivity index (χ1) is 21.3. The van der Waals surface area contributed by atoms with Crippen molar-refractivity contribution in [2.24, 2.45) is 0 Å². The Morgan fingerprint density at radius 1 is 0.841 bits per heavy atom. The van der Waals surface area contributed by atoms with Gasteiger partial charge < -0.3 is 4.74 Å². The number of ether oxygens (including phenoxy) is 1. The molecule has 1 aromatic heterocycles. The molecule has 218 valence electrons. The Labute approximate surface area is 262 Å². The SMILES string of the molecule is CCc1cc(Br)cc2c(C(=O)OC(CC)C(=O)c3ccccc3)cc(-c3ccc(N4C(=O)c5ccccc5C4=O)cc3)nc12. The number of pyridine rings is 1. The van der Waals surface area contributed by atoms with E-state index in [1.807, 2.05) is 25.1 Å². The van der Waals surface area contributed by atoms with Gasteiger partial charge in [0.1, 0.15) is 0 Å². The molecule has 1 aliphatic rings. The van der Waals surface area contributed by atoms with Gasteiger partial charge in [-0.2, -0.15) is 0 Å². The molecule has 0 bridgehead atoms. The fraction of sp³-hybridized carbons (Fsp3) is 0.139. The van der Waals surface area contributed by atoms with Crippen LogP contribution in [0.4, 0.5) is 5.69 Å².